The van der Waals surface area contributed by atoms with Crippen LogP contribution in [0.1, 0.15) is 15.4 Å². The molecule has 0 fully saturated rings. The number of carboxylic acids is 1. The van der Waals surface area contributed by atoms with Gasteiger partial charge in [0.05, 0.1) is 20.8 Å². The lowest BCUT2D eigenvalue weighted by atomic mass is 10.2. The van der Waals surface area contributed by atoms with Gasteiger partial charge in [-0.1, -0.05) is 6.07 Å². The van der Waals surface area contributed by atoms with E-state index in [1.807, 2.05) is 13.0 Å². The summed E-state index contributed by atoms with van der Waals surface area (Å²) < 4.78 is 0.928. The number of carboxylic acid groups (broad SMARTS) is 1. The Morgan fingerprint density at radius 3 is 3.00 bits per heavy atom. The van der Waals surface area contributed by atoms with Gasteiger partial charge in [0, 0.05) is 0 Å². The predicted molar refractivity (Wildman–Crippen MR) is 51.3 cm³/mol. The highest BCUT2D eigenvalue weighted by molar-refractivity contribution is 7.18. The number of rotatable bonds is 1. The highest BCUT2D eigenvalue weighted by Crippen LogP contribution is 2.24. The molecule has 1 N–H and O–H groups in total. The molecular weight excluding hydrogens is 186 g/mol. The summed E-state index contributed by atoms with van der Waals surface area (Å²) in [5.74, 6) is -0.920. The monoisotopic (exact) mass is 193 g/mol. The van der Waals surface area contributed by atoms with E-state index in [0.717, 1.165) is 9.71 Å². The van der Waals surface area contributed by atoms with Crippen LogP contribution in [0.4, 0.5) is 0 Å². The van der Waals surface area contributed by atoms with Crippen molar-refractivity contribution < 1.29 is 9.90 Å². The number of nitrogens with zero attached hydrogens (tertiary/aromatic N) is 1. The summed E-state index contributed by atoms with van der Waals surface area (Å²) in [6, 6.07) is 5.19. The first-order valence-electron chi connectivity index (χ1n) is 3.78. The summed E-state index contributed by atoms with van der Waals surface area (Å²) in [7, 11) is 0. The van der Waals surface area contributed by atoms with Gasteiger partial charge in [0.15, 0.2) is 0 Å². The summed E-state index contributed by atoms with van der Waals surface area (Å²) in [6.07, 6.45) is 0. The molecule has 0 spiro atoms. The van der Waals surface area contributed by atoms with Gasteiger partial charge < -0.3 is 5.11 Å². The van der Waals surface area contributed by atoms with E-state index in [0.29, 0.717) is 5.52 Å². The topological polar surface area (TPSA) is 50.2 Å². The average Bonchev–Trinajstić information content (AvgIpc) is 2.43. The molecule has 1 aromatic carbocycles. The van der Waals surface area contributed by atoms with Gasteiger partial charge in [0.1, 0.15) is 0 Å². The second kappa shape index (κ2) is 2.81. The van der Waals surface area contributed by atoms with Crippen molar-refractivity contribution in [3.05, 3.63) is 28.8 Å². The first-order chi connectivity index (χ1) is 6.18. The SMILES string of the molecule is Cc1nc2c(C(=O)O)cccc2s1. The molecule has 0 aliphatic rings. The van der Waals surface area contributed by atoms with Crippen LogP contribution in [0.2, 0.25) is 0 Å². The fourth-order valence-electron chi connectivity index (χ4n) is 1.23. The van der Waals surface area contributed by atoms with Gasteiger partial charge in [-0.05, 0) is 19.1 Å². The van der Waals surface area contributed by atoms with Crippen molar-refractivity contribution >= 4 is 27.5 Å². The number of carbonyl (C=O) groups is 1. The van der Waals surface area contributed by atoms with Gasteiger partial charge in [-0.15, -0.1) is 11.3 Å². The smallest absolute Gasteiger partial charge is 0.337 e. The second-order valence-corrected chi connectivity index (χ2v) is 3.93. The van der Waals surface area contributed by atoms with Crippen LogP contribution in [0.3, 0.4) is 0 Å². The molecule has 3 nitrogen and oxygen atoms in total. The van der Waals surface area contributed by atoms with E-state index in [2.05, 4.69) is 4.98 Å². The van der Waals surface area contributed by atoms with Gasteiger partial charge >= 0.3 is 5.97 Å². The summed E-state index contributed by atoms with van der Waals surface area (Å²) >= 11 is 1.51. The number of aromatic carboxylic acids is 1. The van der Waals surface area contributed by atoms with E-state index in [4.69, 9.17) is 5.11 Å². The number of aryl methyl sites for hydroxylation is 1. The van der Waals surface area contributed by atoms with Gasteiger partial charge in [-0.3, -0.25) is 0 Å². The van der Waals surface area contributed by atoms with Crippen LogP contribution >= 0.6 is 11.3 Å². The van der Waals surface area contributed by atoms with E-state index in [1.165, 1.54) is 11.3 Å². The van der Waals surface area contributed by atoms with E-state index in [9.17, 15) is 4.79 Å². The van der Waals surface area contributed by atoms with Crippen LogP contribution in [0.5, 0.6) is 0 Å². The van der Waals surface area contributed by atoms with Crippen molar-refractivity contribution in [3.63, 3.8) is 0 Å². The first kappa shape index (κ1) is 8.19. The van der Waals surface area contributed by atoms with Crippen LogP contribution in [-0.2, 0) is 0 Å². The average molecular weight is 193 g/mol. The molecule has 0 bridgehead atoms. The minimum atomic E-state index is -0.920. The van der Waals surface area contributed by atoms with E-state index >= 15 is 0 Å². The molecular formula is C9H7NO2S. The van der Waals surface area contributed by atoms with E-state index < -0.39 is 5.97 Å². The summed E-state index contributed by atoms with van der Waals surface area (Å²) in [5.41, 5.74) is 0.874. The Morgan fingerprint density at radius 2 is 2.31 bits per heavy atom. The Hall–Kier alpha value is -1.42. The fraction of sp³-hybridized carbons (Fsp3) is 0.111. The van der Waals surface area contributed by atoms with E-state index in [-0.39, 0.29) is 5.56 Å². The Morgan fingerprint density at radius 1 is 1.54 bits per heavy atom. The number of hydrogen-bond donors (Lipinski definition) is 1. The van der Waals surface area contributed by atoms with Crippen molar-refractivity contribution in [1.82, 2.24) is 4.98 Å². The number of benzene rings is 1. The number of hydrogen-bond acceptors (Lipinski definition) is 3. The highest BCUT2D eigenvalue weighted by Gasteiger charge is 2.10. The zero-order valence-electron chi connectivity index (χ0n) is 6.94. The number of para-hydroxylation sites is 1. The van der Waals surface area contributed by atoms with Crippen LogP contribution in [0, 0.1) is 6.92 Å². The molecule has 0 aliphatic heterocycles. The van der Waals surface area contributed by atoms with Crippen LogP contribution < -0.4 is 0 Å². The Bertz CT molecular complexity index is 475. The maximum atomic E-state index is 10.8. The Balaban J connectivity index is 2.82. The largest absolute Gasteiger partial charge is 0.478 e. The molecule has 66 valence electrons. The molecule has 0 amide bonds. The predicted octanol–water partition coefficient (Wildman–Crippen LogP) is 2.30. The zero-order valence-corrected chi connectivity index (χ0v) is 7.76. The third-order valence-electron chi connectivity index (χ3n) is 1.76. The van der Waals surface area contributed by atoms with Crippen LogP contribution in [0.15, 0.2) is 18.2 Å². The molecule has 1 heterocycles. The molecule has 0 unspecified atom stereocenters. The third-order valence-corrected chi connectivity index (χ3v) is 2.69. The zero-order chi connectivity index (χ0) is 9.42. The third kappa shape index (κ3) is 1.29. The van der Waals surface area contributed by atoms with Crippen LogP contribution in [-0.4, -0.2) is 16.1 Å². The van der Waals surface area contributed by atoms with Gasteiger partial charge in [0.2, 0.25) is 0 Å². The van der Waals surface area contributed by atoms with Gasteiger partial charge in [-0.25, -0.2) is 9.78 Å². The molecule has 0 saturated heterocycles. The minimum Gasteiger partial charge on any atom is -0.478 e. The summed E-state index contributed by atoms with van der Waals surface area (Å²) in [4.78, 5) is 15.0. The molecule has 2 rings (SSSR count). The van der Waals surface area contributed by atoms with Gasteiger partial charge in [0.25, 0.3) is 0 Å². The second-order valence-electron chi connectivity index (χ2n) is 2.69. The maximum absolute atomic E-state index is 10.8. The van der Waals surface area contributed by atoms with Crippen LogP contribution in [0.25, 0.3) is 10.2 Å². The Kier molecular flexibility index (Phi) is 1.77. The van der Waals surface area contributed by atoms with Crippen molar-refractivity contribution in [1.29, 1.82) is 0 Å². The molecule has 1 aromatic heterocycles. The lowest BCUT2D eigenvalue weighted by molar-refractivity contribution is 0.0699. The number of fused-ring (bicyclic) bond motifs is 1. The molecule has 0 atom stereocenters. The lowest BCUT2D eigenvalue weighted by Crippen LogP contribution is -1.96. The van der Waals surface area contributed by atoms with Crippen molar-refractivity contribution in [2.45, 2.75) is 6.92 Å². The Labute approximate surface area is 78.7 Å². The molecule has 0 saturated carbocycles. The summed E-state index contributed by atoms with van der Waals surface area (Å²) in [5, 5.41) is 9.75. The molecule has 13 heavy (non-hydrogen) atoms. The lowest BCUT2D eigenvalue weighted by Gasteiger charge is -1.93. The van der Waals surface area contributed by atoms with Crippen molar-refractivity contribution in [3.8, 4) is 0 Å². The van der Waals surface area contributed by atoms with E-state index in [1.54, 1.807) is 12.1 Å². The summed E-state index contributed by atoms with van der Waals surface area (Å²) in [6.45, 7) is 1.87. The highest BCUT2D eigenvalue weighted by atomic mass is 32.1. The van der Waals surface area contributed by atoms with Crippen molar-refractivity contribution in [2.75, 3.05) is 0 Å². The molecule has 4 heteroatoms. The number of thiazole rings is 1. The quantitative estimate of drug-likeness (QED) is 0.756. The molecule has 0 aliphatic carbocycles. The standard InChI is InChI=1S/C9H7NO2S/c1-5-10-8-6(9(11)12)3-2-4-7(8)13-5/h2-4H,1H3,(H,11,12). The molecule has 2 aromatic rings. The fourth-order valence-corrected chi connectivity index (χ4v) is 2.09. The minimum absolute atomic E-state index is 0.279. The molecule has 0 radical (unpaired) electrons. The first-order valence-corrected chi connectivity index (χ1v) is 4.59. The normalized spacial score (nSPS) is 10.5. The van der Waals surface area contributed by atoms with Gasteiger partial charge in [-0.2, -0.15) is 0 Å². The number of aromatic nitrogens is 1. The maximum Gasteiger partial charge on any atom is 0.337 e. The van der Waals surface area contributed by atoms with Crippen molar-refractivity contribution in [2.24, 2.45) is 0 Å².